The van der Waals surface area contributed by atoms with Crippen LogP contribution in [0.25, 0.3) is 0 Å². The van der Waals surface area contributed by atoms with E-state index >= 15 is 0 Å². The van der Waals surface area contributed by atoms with Crippen molar-refractivity contribution >= 4 is 11.9 Å². The molecule has 1 N–H and O–H groups in total. The highest BCUT2D eigenvalue weighted by Gasteiger charge is 2.51. The smallest absolute Gasteiger partial charge is 0.311 e. The molecule has 0 unspecified atom stereocenters. The van der Waals surface area contributed by atoms with E-state index < -0.39 is 11.4 Å². The lowest BCUT2D eigenvalue weighted by Gasteiger charge is -2.24. The van der Waals surface area contributed by atoms with Gasteiger partial charge in [-0.2, -0.15) is 0 Å². The quantitative estimate of drug-likeness (QED) is 0.764. The van der Waals surface area contributed by atoms with Crippen molar-refractivity contribution in [1.82, 2.24) is 4.90 Å². The van der Waals surface area contributed by atoms with Gasteiger partial charge in [-0.1, -0.05) is 6.42 Å². The van der Waals surface area contributed by atoms with Crippen LogP contribution in [0.2, 0.25) is 0 Å². The third-order valence-electron chi connectivity index (χ3n) is 3.47. The largest absolute Gasteiger partial charge is 0.481 e. The SMILES string of the molecule is O=C1CCCCCN1CC1(C(=O)O)CC1. The van der Waals surface area contributed by atoms with Crippen molar-refractivity contribution in [1.29, 1.82) is 0 Å². The second-order valence-electron chi connectivity index (χ2n) is 4.71. The highest BCUT2D eigenvalue weighted by atomic mass is 16.4. The Balaban J connectivity index is 1.98. The third kappa shape index (κ3) is 2.13. The van der Waals surface area contributed by atoms with Crippen molar-refractivity contribution < 1.29 is 14.7 Å². The highest BCUT2D eigenvalue weighted by Crippen LogP contribution is 2.46. The molecule has 0 aromatic rings. The van der Waals surface area contributed by atoms with Crippen LogP contribution < -0.4 is 0 Å². The Morgan fingerprint density at radius 3 is 2.67 bits per heavy atom. The first-order chi connectivity index (χ1) is 7.14. The van der Waals surface area contributed by atoms with Gasteiger partial charge in [0.2, 0.25) is 5.91 Å². The van der Waals surface area contributed by atoms with Gasteiger partial charge < -0.3 is 10.0 Å². The Morgan fingerprint density at radius 2 is 2.07 bits per heavy atom. The van der Waals surface area contributed by atoms with Crippen molar-refractivity contribution in [2.75, 3.05) is 13.1 Å². The molecule has 0 spiro atoms. The maximum absolute atomic E-state index is 11.7. The van der Waals surface area contributed by atoms with E-state index in [9.17, 15) is 9.59 Å². The summed E-state index contributed by atoms with van der Waals surface area (Å²) in [6.07, 6.45) is 5.10. The topological polar surface area (TPSA) is 57.6 Å². The van der Waals surface area contributed by atoms with Gasteiger partial charge in [0.25, 0.3) is 0 Å². The lowest BCUT2D eigenvalue weighted by Crippen LogP contribution is -2.38. The maximum atomic E-state index is 11.7. The standard InChI is InChI=1S/C11H17NO3/c13-9-4-2-1-3-7-12(9)8-11(5-6-11)10(14)15/h1-8H2,(H,14,15). The van der Waals surface area contributed by atoms with Crippen LogP contribution in [-0.4, -0.2) is 35.0 Å². The number of carbonyl (C=O) groups excluding carboxylic acids is 1. The van der Waals surface area contributed by atoms with E-state index in [4.69, 9.17) is 5.11 Å². The third-order valence-corrected chi connectivity index (χ3v) is 3.47. The second kappa shape index (κ2) is 3.83. The molecule has 15 heavy (non-hydrogen) atoms. The highest BCUT2D eigenvalue weighted by molar-refractivity contribution is 5.81. The van der Waals surface area contributed by atoms with E-state index in [0.29, 0.717) is 13.0 Å². The molecule has 4 nitrogen and oxygen atoms in total. The number of likely N-dealkylation sites (tertiary alicyclic amines) is 1. The minimum Gasteiger partial charge on any atom is -0.481 e. The lowest BCUT2D eigenvalue weighted by molar-refractivity contribution is -0.145. The first-order valence-electron chi connectivity index (χ1n) is 5.65. The lowest BCUT2D eigenvalue weighted by atomic mass is 10.1. The monoisotopic (exact) mass is 211 g/mol. The predicted octanol–water partition coefficient (Wildman–Crippen LogP) is 1.25. The minimum absolute atomic E-state index is 0.139. The normalized spacial score (nSPS) is 24.8. The average Bonchev–Trinajstić information content (AvgIpc) is 2.96. The zero-order valence-electron chi connectivity index (χ0n) is 8.87. The van der Waals surface area contributed by atoms with Crippen molar-refractivity contribution in [2.24, 2.45) is 5.41 Å². The summed E-state index contributed by atoms with van der Waals surface area (Å²) in [6.45, 7) is 1.18. The fraction of sp³-hybridized carbons (Fsp3) is 0.818. The van der Waals surface area contributed by atoms with Crippen molar-refractivity contribution in [3.05, 3.63) is 0 Å². The van der Waals surface area contributed by atoms with E-state index in [-0.39, 0.29) is 5.91 Å². The van der Waals surface area contributed by atoms with E-state index in [1.165, 1.54) is 0 Å². The summed E-state index contributed by atoms with van der Waals surface area (Å²) in [7, 11) is 0. The Labute approximate surface area is 89.3 Å². The average molecular weight is 211 g/mol. The van der Waals surface area contributed by atoms with E-state index in [1.807, 2.05) is 0 Å². The summed E-state index contributed by atoms with van der Waals surface area (Å²) in [5.41, 5.74) is -0.597. The molecular weight excluding hydrogens is 194 g/mol. The van der Waals surface area contributed by atoms with Crippen LogP contribution >= 0.6 is 0 Å². The van der Waals surface area contributed by atoms with Gasteiger partial charge in [-0.25, -0.2) is 0 Å². The first kappa shape index (κ1) is 10.5. The summed E-state index contributed by atoms with van der Waals surface area (Å²) < 4.78 is 0. The van der Waals surface area contributed by atoms with Crippen LogP contribution in [0.4, 0.5) is 0 Å². The fourth-order valence-electron chi connectivity index (χ4n) is 2.16. The van der Waals surface area contributed by atoms with Gasteiger partial charge in [-0.3, -0.25) is 9.59 Å². The summed E-state index contributed by atoms with van der Waals surface area (Å²) in [6, 6.07) is 0. The number of carboxylic acid groups (broad SMARTS) is 1. The van der Waals surface area contributed by atoms with Crippen LogP contribution in [0.3, 0.4) is 0 Å². The molecule has 1 aliphatic heterocycles. The maximum Gasteiger partial charge on any atom is 0.311 e. The molecule has 1 saturated carbocycles. The molecule has 0 bridgehead atoms. The Hall–Kier alpha value is -1.06. The molecule has 0 aromatic carbocycles. The number of carboxylic acids is 1. The molecule has 2 aliphatic rings. The molecule has 0 atom stereocenters. The number of aliphatic carboxylic acids is 1. The van der Waals surface area contributed by atoms with E-state index in [1.54, 1.807) is 4.90 Å². The summed E-state index contributed by atoms with van der Waals surface area (Å²) in [5, 5.41) is 9.05. The number of carbonyl (C=O) groups is 2. The Morgan fingerprint density at radius 1 is 1.33 bits per heavy atom. The van der Waals surface area contributed by atoms with Gasteiger partial charge in [0.1, 0.15) is 0 Å². The zero-order valence-corrected chi connectivity index (χ0v) is 8.87. The molecule has 1 amide bonds. The molecule has 1 aliphatic carbocycles. The number of hydrogen-bond acceptors (Lipinski definition) is 2. The van der Waals surface area contributed by atoms with Gasteiger partial charge in [-0.15, -0.1) is 0 Å². The van der Waals surface area contributed by atoms with E-state index in [2.05, 4.69) is 0 Å². The molecule has 4 heteroatoms. The van der Waals surface area contributed by atoms with Gasteiger partial charge in [-0.05, 0) is 25.7 Å². The van der Waals surface area contributed by atoms with Gasteiger partial charge in [0, 0.05) is 19.5 Å². The van der Waals surface area contributed by atoms with Crippen LogP contribution in [0.1, 0.15) is 38.5 Å². The number of nitrogens with zero attached hydrogens (tertiary/aromatic N) is 1. The van der Waals surface area contributed by atoms with Gasteiger partial charge in [0.15, 0.2) is 0 Å². The van der Waals surface area contributed by atoms with Crippen LogP contribution in [0.15, 0.2) is 0 Å². The molecule has 0 radical (unpaired) electrons. The predicted molar refractivity (Wildman–Crippen MR) is 54.4 cm³/mol. The minimum atomic E-state index is -0.737. The second-order valence-corrected chi connectivity index (χ2v) is 4.71. The van der Waals surface area contributed by atoms with Crippen LogP contribution in [0, 0.1) is 5.41 Å². The molecular formula is C11H17NO3. The van der Waals surface area contributed by atoms with Crippen LogP contribution in [-0.2, 0) is 9.59 Å². The zero-order chi connectivity index (χ0) is 10.9. The van der Waals surface area contributed by atoms with Crippen LogP contribution in [0.5, 0.6) is 0 Å². The number of rotatable bonds is 3. The number of hydrogen-bond donors (Lipinski definition) is 1. The first-order valence-corrected chi connectivity index (χ1v) is 5.65. The molecule has 2 fully saturated rings. The van der Waals surface area contributed by atoms with Crippen molar-refractivity contribution in [2.45, 2.75) is 38.5 Å². The summed E-state index contributed by atoms with van der Waals surface area (Å²) in [5.74, 6) is -0.598. The van der Waals surface area contributed by atoms with Gasteiger partial charge in [0.05, 0.1) is 5.41 Å². The van der Waals surface area contributed by atoms with Gasteiger partial charge >= 0.3 is 5.97 Å². The number of amides is 1. The van der Waals surface area contributed by atoms with Crippen molar-refractivity contribution in [3.63, 3.8) is 0 Å². The summed E-state index contributed by atoms with van der Waals surface area (Å²) in [4.78, 5) is 24.4. The molecule has 0 aromatic heterocycles. The Bertz CT molecular complexity index is 284. The molecule has 84 valence electrons. The summed E-state index contributed by atoms with van der Waals surface area (Å²) >= 11 is 0. The molecule has 1 saturated heterocycles. The molecule has 2 rings (SSSR count). The van der Waals surface area contributed by atoms with E-state index in [0.717, 1.165) is 38.6 Å². The molecule has 1 heterocycles. The fourth-order valence-corrected chi connectivity index (χ4v) is 2.16. The Kier molecular flexibility index (Phi) is 2.67. The van der Waals surface area contributed by atoms with Crippen molar-refractivity contribution in [3.8, 4) is 0 Å².